The maximum absolute atomic E-state index is 13.9. The zero-order valence-corrected chi connectivity index (χ0v) is 12.3. The second kappa shape index (κ2) is 6.51. The van der Waals surface area contributed by atoms with Gasteiger partial charge in [-0.3, -0.25) is 9.59 Å². The summed E-state index contributed by atoms with van der Waals surface area (Å²) in [7, 11) is 0. The van der Waals surface area contributed by atoms with Crippen LogP contribution in [0.2, 0.25) is 0 Å². The summed E-state index contributed by atoms with van der Waals surface area (Å²) >= 11 is 0. The molecular weight excluding hydrogens is 299 g/mol. The molecule has 1 aromatic heterocycles. The molecule has 3 rings (SSSR count). The Morgan fingerprint density at radius 2 is 2.13 bits per heavy atom. The van der Waals surface area contributed by atoms with Crippen molar-refractivity contribution in [1.29, 1.82) is 0 Å². The number of rotatable bonds is 4. The quantitative estimate of drug-likeness (QED) is 0.870. The van der Waals surface area contributed by atoms with Crippen LogP contribution in [-0.2, 0) is 0 Å². The molecule has 0 unspecified atom stereocenters. The van der Waals surface area contributed by atoms with E-state index >= 15 is 0 Å². The molecule has 1 N–H and O–H groups in total. The summed E-state index contributed by atoms with van der Waals surface area (Å²) in [6.45, 7) is 0.940. The molecule has 0 saturated carbocycles. The molecule has 1 saturated heterocycles. The van der Waals surface area contributed by atoms with E-state index in [1.807, 2.05) is 0 Å². The maximum Gasteiger partial charge on any atom is 0.256 e. The van der Waals surface area contributed by atoms with Gasteiger partial charge in [0, 0.05) is 37.1 Å². The molecule has 118 valence electrons. The minimum absolute atomic E-state index is 0.0127. The van der Waals surface area contributed by atoms with Crippen molar-refractivity contribution in [2.45, 2.75) is 12.5 Å². The van der Waals surface area contributed by atoms with E-state index in [4.69, 9.17) is 0 Å². The average Bonchev–Trinajstić information content (AvgIpc) is 3.04. The highest BCUT2D eigenvalue weighted by Crippen LogP contribution is 2.18. The van der Waals surface area contributed by atoms with Gasteiger partial charge in [-0.1, -0.05) is 0 Å². The summed E-state index contributed by atoms with van der Waals surface area (Å²) in [5.41, 5.74) is 0.201. The van der Waals surface area contributed by atoms with Gasteiger partial charge in [0.15, 0.2) is 0 Å². The standard InChI is InChI=1S/C16H15FN4O2/c17-14-3-2-11(10-22)8-13(14)15(23)21-7-4-12(9-21)20-16-18-5-1-6-19-16/h1-3,5-6,8,10,12H,4,7,9H2,(H,18,19,20)/t12-/m0/s1. The van der Waals surface area contributed by atoms with Crippen LogP contribution in [0.3, 0.4) is 0 Å². The first-order chi connectivity index (χ1) is 11.2. The van der Waals surface area contributed by atoms with Gasteiger partial charge in [-0.25, -0.2) is 14.4 Å². The van der Waals surface area contributed by atoms with Crippen molar-refractivity contribution in [3.63, 3.8) is 0 Å². The van der Waals surface area contributed by atoms with Crippen LogP contribution in [0.25, 0.3) is 0 Å². The number of anilines is 1. The lowest BCUT2D eigenvalue weighted by atomic mass is 10.1. The van der Waals surface area contributed by atoms with E-state index < -0.39 is 11.7 Å². The molecule has 2 aromatic rings. The Balaban J connectivity index is 1.69. The lowest BCUT2D eigenvalue weighted by Crippen LogP contribution is -2.32. The Morgan fingerprint density at radius 1 is 1.35 bits per heavy atom. The van der Waals surface area contributed by atoms with E-state index in [9.17, 15) is 14.0 Å². The number of aldehydes is 1. The van der Waals surface area contributed by atoms with Crippen LogP contribution in [0.4, 0.5) is 10.3 Å². The van der Waals surface area contributed by atoms with Crippen LogP contribution < -0.4 is 5.32 Å². The van der Waals surface area contributed by atoms with Gasteiger partial charge >= 0.3 is 0 Å². The number of likely N-dealkylation sites (tertiary alicyclic amines) is 1. The Labute approximate surface area is 132 Å². The van der Waals surface area contributed by atoms with E-state index in [2.05, 4.69) is 15.3 Å². The maximum atomic E-state index is 13.9. The van der Waals surface area contributed by atoms with E-state index in [-0.39, 0.29) is 17.2 Å². The van der Waals surface area contributed by atoms with Gasteiger partial charge in [0.05, 0.1) is 5.56 Å². The average molecular weight is 314 g/mol. The van der Waals surface area contributed by atoms with Crippen LogP contribution in [0, 0.1) is 5.82 Å². The highest BCUT2D eigenvalue weighted by Gasteiger charge is 2.28. The number of amides is 1. The minimum atomic E-state index is -0.622. The molecule has 0 radical (unpaired) electrons. The number of hydrogen-bond donors (Lipinski definition) is 1. The molecule has 0 spiro atoms. The van der Waals surface area contributed by atoms with Gasteiger partial charge < -0.3 is 10.2 Å². The second-order valence-electron chi connectivity index (χ2n) is 5.31. The van der Waals surface area contributed by atoms with Crippen molar-refractivity contribution < 1.29 is 14.0 Å². The van der Waals surface area contributed by atoms with Gasteiger partial charge in [-0.15, -0.1) is 0 Å². The zero-order chi connectivity index (χ0) is 16.2. The predicted octanol–water partition coefficient (Wildman–Crippen LogP) is 1.75. The second-order valence-corrected chi connectivity index (χ2v) is 5.31. The normalized spacial score (nSPS) is 17.1. The molecule has 1 aromatic carbocycles. The highest BCUT2D eigenvalue weighted by atomic mass is 19.1. The number of benzene rings is 1. The van der Waals surface area contributed by atoms with Crippen LogP contribution in [0.1, 0.15) is 27.1 Å². The third-order valence-corrected chi connectivity index (χ3v) is 3.73. The molecule has 6 nitrogen and oxygen atoms in total. The van der Waals surface area contributed by atoms with E-state index in [1.165, 1.54) is 12.1 Å². The first-order valence-electron chi connectivity index (χ1n) is 7.25. The Morgan fingerprint density at radius 3 is 2.87 bits per heavy atom. The molecule has 1 atom stereocenters. The lowest BCUT2D eigenvalue weighted by Gasteiger charge is -2.17. The third kappa shape index (κ3) is 3.33. The molecule has 1 aliphatic heterocycles. The Bertz CT molecular complexity index is 723. The molecule has 23 heavy (non-hydrogen) atoms. The summed E-state index contributed by atoms with van der Waals surface area (Å²) in [4.78, 5) is 33.0. The molecule has 0 aliphatic carbocycles. The smallest absolute Gasteiger partial charge is 0.256 e. The fourth-order valence-corrected chi connectivity index (χ4v) is 2.57. The topological polar surface area (TPSA) is 75.2 Å². The van der Waals surface area contributed by atoms with Gasteiger partial charge in [0.1, 0.15) is 12.1 Å². The van der Waals surface area contributed by atoms with Crippen molar-refractivity contribution in [3.05, 3.63) is 53.6 Å². The number of carbonyl (C=O) groups excluding carboxylic acids is 2. The van der Waals surface area contributed by atoms with Crippen LogP contribution >= 0.6 is 0 Å². The van der Waals surface area contributed by atoms with Crippen LogP contribution in [-0.4, -0.2) is 46.2 Å². The van der Waals surface area contributed by atoms with Gasteiger partial charge in [0.2, 0.25) is 5.95 Å². The van der Waals surface area contributed by atoms with Crippen LogP contribution in [0.15, 0.2) is 36.7 Å². The number of nitrogens with one attached hydrogen (secondary N) is 1. The SMILES string of the molecule is O=Cc1ccc(F)c(C(=O)N2CC[C@H](Nc3ncccn3)C2)c1. The minimum Gasteiger partial charge on any atom is -0.350 e. The molecule has 1 amide bonds. The molecule has 1 fully saturated rings. The van der Waals surface area contributed by atoms with E-state index in [0.29, 0.717) is 25.3 Å². The number of aromatic nitrogens is 2. The van der Waals surface area contributed by atoms with Gasteiger partial charge in [-0.2, -0.15) is 0 Å². The van der Waals surface area contributed by atoms with Crippen molar-refractivity contribution in [1.82, 2.24) is 14.9 Å². The molecule has 2 heterocycles. The number of hydrogen-bond acceptors (Lipinski definition) is 5. The summed E-state index contributed by atoms with van der Waals surface area (Å²) in [5, 5.41) is 3.15. The zero-order valence-electron chi connectivity index (χ0n) is 12.3. The highest BCUT2D eigenvalue weighted by molar-refractivity contribution is 5.96. The largest absolute Gasteiger partial charge is 0.350 e. The molecular formula is C16H15FN4O2. The van der Waals surface area contributed by atoms with Crippen molar-refractivity contribution in [2.75, 3.05) is 18.4 Å². The number of halogens is 1. The summed E-state index contributed by atoms with van der Waals surface area (Å²) < 4.78 is 13.9. The van der Waals surface area contributed by atoms with Gasteiger partial charge in [0.25, 0.3) is 5.91 Å². The Kier molecular flexibility index (Phi) is 4.27. The first-order valence-corrected chi connectivity index (χ1v) is 7.25. The first kappa shape index (κ1) is 15.1. The summed E-state index contributed by atoms with van der Waals surface area (Å²) in [6, 6.07) is 5.50. The van der Waals surface area contributed by atoms with Crippen LogP contribution in [0.5, 0.6) is 0 Å². The fourth-order valence-electron chi connectivity index (χ4n) is 2.57. The summed E-state index contributed by atoms with van der Waals surface area (Å²) in [6.07, 6.45) is 4.58. The fraction of sp³-hybridized carbons (Fsp3) is 0.250. The monoisotopic (exact) mass is 314 g/mol. The summed E-state index contributed by atoms with van der Waals surface area (Å²) in [5.74, 6) is -0.534. The molecule has 7 heteroatoms. The lowest BCUT2D eigenvalue weighted by molar-refractivity contribution is 0.0787. The number of carbonyl (C=O) groups is 2. The molecule has 1 aliphatic rings. The number of nitrogens with zero attached hydrogens (tertiary/aromatic N) is 3. The Hall–Kier alpha value is -2.83. The van der Waals surface area contributed by atoms with Crippen molar-refractivity contribution in [3.8, 4) is 0 Å². The van der Waals surface area contributed by atoms with E-state index in [0.717, 1.165) is 12.5 Å². The van der Waals surface area contributed by atoms with E-state index in [1.54, 1.807) is 23.4 Å². The van der Waals surface area contributed by atoms with Crippen molar-refractivity contribution in [2.24, 2.45) is 0 Å². The van der Waals surface area contributed by atoms with Gasteiger partial charge in [-0.05, 0) is 30.7 Å². The third-order valence-electron chi connectivity index (χ3n) is 3.73. The van der Waals surface area contributed by atoms with Crippen molar-refractivity contribution >= 4 is 18.1 Å². The predicted molar refractivity (Wildman–Crippen MR) is 81.8 cm³/mol. The molecule has 0 bridgehead atoms.